The van der Waals surface area contributed by atoms with Crippen molar-refractivity contribution < 1.29 is 4.79 Å². The van der Waals surface area contributed by atoms with Crippen LogP contribution in [0.1, 0.15) is 43.9 Å². The molecule has 4 rings (SSSR count). The largest absolute Gasteiger partial charge is 0.312 e. The number of amides is 1. The molecule has 154 valence electrons. The third-order valence-electron chi connectivity index (χ3n) is 6.21. The van der Waals surface area contributed by atoms with Crippen molar-refractivity contribution in [2.24, 2.45) is 0 Å². The molecule has 1 aromatic heterocycles. The minimum absolute atomic E-state index is 0.246. The van der Waals surface area contributed by atoms with Crippen LogP contribution < -0.4 is 4.90 Å². The minimum atomic E-state index is 0.246. The van der Waals surface area contributed by atoms with Crippen molar-refractivity contribution in [3.63, 3.8) is 0 Å². The Balaban J connectivity index is 1.46. The van der Waals surface area contributed by atoms with Crippen LogP contribution in [0.5, 0.6) is 0 Å². The Bertz CT molecular complexity index is 792. The zero-order chi connectivity index (χ0) is 20.1. The summed E-state index contributed by atoms with van der Waals surface area (Å²) in [6, 6.07) is 15.3. The predicted octanol–water partition coefficient (Wildman–Crippen LogP) is 3.69. The summed E-state index contributed by atoms with van der Waals surface area (Å²) in [6.07, 6.45) is 6.10. The molecule has 0 saturated carbocycles. The van der Waals surface area contributed by atoms with Gasteiger partial charge in [-0.2, -0.15) is 0 Å². The highest BCUT2D eigenvalue weighted by Crippen LogP contribution is 2.23. The number of carbonyl (C=O) groups excluding carboxylic acids is 1. The maximum absolute atomic E-state index is 12.0. The first kappa shape index (κ1) is 20.0. The van der Waals surface area contributed by atoms with E-state index in [1.807, 2.05) is 17.2 Å². The second kappa shape index (κ2) is 9.51. The van der Waals surface area contributed by atoms with Gasteiger partial charge in [0.2, 0.25) is 5.91 Å². The Morgan fingerprint density at radius 3 is 2.62 bits per heavy atom. The van der Waals surface area contributed by atoms with Gasteiger partial charge in [0.15, 0.2) is 0 Å². The molecule has 2 saturated heterocycles. The number of hydrogen-bond donors (Lipinski definition) is 0. The minimum Gasteiger partial charge on any atom is -0.312 e. The van der Waals surface area contributed by atoms with Crippen molar-refractivity contribution in [2.45, 2.75) is 51.7 Å². The van der Waals surface area contributed by atoms with Gasteiger partial charge in [0.25, 0.3) is 0 Å². The quantitative estimate of drug-likeness (QED) is 0.687. The fourth-order valence-corrected chi connectivity index (χ4v) is 4.68. The SMILES string of the molecule is CCN1CCCC1CN(Cc1ccc(N2CCCC2=O)cc1)Cc1ccccn1. The van der Waals surface area contributed by atoms with E-state index in [1.165, 1.54) is 24.9 Å². The molecule has 5 nitrogen and oxygen atoms in total. The molecule has 0 N–H and O–H groups in total. The summed E-state index contributed by atoms with van der Waals surface area (Å²) in [5.74, 6) is 0.246. The molecule has 2 aliphatic rings. The van der Waals surface area contributed by atoms with Crippen molar-refractivity contribution in [1.82, 2.24) is 14.8 Å². The van der Waals surface area contributed by atoms with Crippen LogP contribution in [0.2, 0.25) is 0 Å². The second-order valence-corrected chi connectivity index (χ2v) is 8.23. The zero-order valence-corrected chi connectivity index (χ0v) is 17.5. The van der Waals surface area contributed by atoms with E-state index in [2.05, 4.69) is 58.1 Å². The van der Waals surface area contributed by atoms with E-state index in [-0.39, 0.29) is 5.91 Å². The Morgan fingerprint density at radius 2 is 1.93 bits per heavy atom. The number of carbonyl (C=O) groups is 1. The number of pyridine rings is 1. The third kappa shape index (κ3) is 5.03. The molecule has 1 aromatic carbocycles. The van der Waals surface area contributed by atoms with Crippen LogP contribution in [0.25, 0.3) is 0 Å². The molecule has 2 aliphatic heterocycles. The molecule has 2 aromatic rings. The highest BCUT2D eigenvalue weighted by atomic mass is 16.2. The van der Waals surface area contributed by atoms with Gasteiger partial charge in [-0.05, 0) is 62.2 Å². The van der Waals surface area contributed by atoms with Crippen LogP contribution in [0.3, 0.4) is 0 Å². The smallest absolute Gasteiger partial charge is 0.227 e. The van der Waals surface area contributed by atoms with Crippen LogP contribution in [0, 0.1) is 0 Å². The van der Waals surface area contributed by atoms with Crippen LogP contribution in [0.15, 0.2) is 48.7 Å². The van der Waals surface area contributed by atoms with Gasteiger partial charge in [0, 0.05) is 50.5 Å². The Hall–Kier alpha value is -2.24. The van der Waals surface area contributed by atoms with Gasteiger partial charge in [-0.1, -0.05) is 25.1 Å². The second-order valence-electron chi connectivity index (χ2n) is 8.23. The molecule has 2 fully saturated rings. The first-order valence-electron chi connectivity index (χ1n) is 11.0. The topological polar surface area (TPSA) is 39.7 Å². The van der Waals surface area contributed by atoms with Crippen molar-refractivity contribution in [1.29, 1.82) is 0 Å². The summed E-state index contributed by atoms with van der Waals surface area (Å²) < 4.78 is 0. The number of nitrogens with zero attached hydrogens (tertiary/aromatic N) is 4. The van der Waals surface area contributed by atoms with Gasteiger partial charge in [0.05, 0.1) is 5.69 Å². The summed E-state index contributed by atoms with van der Waals surface area (Å²) in [7, 11) is 0. The standard InChI is InChI=1S/C24H32N4O/c1-2-27-15-5-8-23(27)19-26(18-21-7-3-4-14-25-21)17-20-10-12-22(13-11-20)28-16-6-9-24(28)29/h3-4,7,10-14,23H,2,5-6,8-9,15-19H2,1H3. The maximum atomic E-state index is 12.0. The van der Waals surface area contributed by atoms with E-state index >= 15 is 0 Å². The fraction of sp³-hybridized carbons (Fsp3) is 0.500. The van der Waals surface area contributed by atoms with E-state index in [0.717, 1.165) is 50.5 Å². The first-order valence-corrected chi connectivity index (χ1v) is 11.0. The normalized spacial score (nSPS) is 20.1. The molecule has 1 atom stereocenters. The van der Waals surface area contributed by atoms with Crippen LogP contribution >= 0.6 is 0 Å². The first-order chi connectivity index (χ1) is 14.2. The maximum Gasteiger partial charge on any atom is 0.227 e. The molecule has 1 unspecified atom stereocenters. The predicted molar refractivity (Wildman–Crippen MR) is 117 cm³/mol. The number of hydrogen-bond acceptors (Lipinski definition) is 4. The van der Waals surface area contributed by atoms with Gasteiger partial charge in [-0.15, -0.1) is 0 Å². The Labute approximate surface area is 174 Å². The molecular weight excluding hydrogens is 360 g/mol. The number of benzene rings is 1. The lowest BCUT2D eigenvalue weighted by molar-refractivity contribution is -0.117. The molecular formula is C24H32N4O. The number of aromatic nitrogens is 1. The highest BCUT2D eigenvalue weighted by molar-refractivity contribution is 5.95. The number of anilines is 1. The van der Waals surface area contributed by atoms with E-state index in [4.69, 9.17) is 0 Å². The van der Waals surface area contributed by atoms with Crippen LogP contribution in [-0.2, 0) is 17.9 Å². The van der Waals surface area contributed by atoms with E-state index in [9.17, 15) is 4.79 Å². The van der Waals surface area contributed by atoms with Crippen molar-refractivity contribution in [2.75, 3.05) is 31.1 Å². The fourth-order valence-electron chi connectivity index (χ4n) is 4.68. The molecule has 5 heteroatoms. The Kier molecular flexibility index (Phi) is 6.57. The zero-order valence-electron chi connectivity index (χ0n) is 17.5. The highest BCUT2D eigenvalue weighted by Gasteiger charge is 2.26. The van der Waals surface area contributed by atoms with Crippen molar-refractivity contribution in [3.05, 3.63) is 59.9 Å². The summed E-state index contributed by atoms with van der Waals surface area (Å²) >= 11 is 0. The number of likely N-dealkylation sites (tertiary alicyclic amines) is 1. The average molecular weight is 393 g/mol. The van der Waals surface area contributed by atoms with E-state index in [1.54, 1.807) is 0 Å². The molecule has 0 aliphatic carbocycles. The molecule has 1 amide bonds. The van der Waals surface area contributed by atoms with E-state index < -0.39 is 0 Å². The van der Waals surface area contributed by atoms with Crippen molar-refractivity contribution in [3.8, 4) is 0 Å². The molecule has 0 bridgehead atoms. The molecule has 0 spiro atoms. The lowest BCUT2D eigenvalue weighted by Crippen LogP contribution is -2.39. The van der Waals surface area contributed by atoms with Gasteiger partial charge in [-0.25, -0.2) is 0 Å². The molecule has 29 heavy (non-hydrogen) atoms. The Morgan fingerprint density at radius 1 is 1.07 bits per heavy atom. The van der Waals surface area contributed by atoms with Gasteiger partial charge in [-0.3, -0.25) is 19.6 Å². The van der Waals surface area contributed by atoms with Crippen molar-refractivity contribution >= 4 is 11.6 Å². The number of likely N-dealkylation sites (N-methyl/N-ethyl adjacent to an activating group) is 1. The average Bonchev–Trinajstić information content (AvgIpc) is 3.38. The summed E-state index contributed by atoms with van der Waals surface area (Å²) in [5.41, 5.74) is 3.44. The third-order valence-corrected chi connectivity index (χ3v) is 6.21. The lowest BCUT2D eigenvalue weighted by atomic mass is 10.1. The van der Waals surface area contributed by atoms with Gasteiger partial charge in [0.1, 0.15) is 0 Å². The molecule has 3 heterocycles. The summed E-state index contributed by atoms with van der Waals surface area (Å²) in [4.78, 5) is 23.6. The van der Waals surface area contributed by atoms with Gasteiger partial charge < -0.3 is 4.90 Å². The van der Waals surface area contributed by atoms with Gasteiger partial charge >= 0.3 is 0 Å². The molecule has 0 radical (unpaired) electrons. The monoisotopic (exact) mass is 392 g/mol. The van der Waals surface area contributed by atoms with Crippen LogP contribution in [0.4, 0.5) is 5.69 Å². The summed E-state index contributed by atoms with van der Waals surface area (Å²) in [5, 5.41) is 0. The van der Waals surface area contributed by atoms with Crippen LogP contribution in [-0.4, -0.2) is 52.9 Å². The number of rotatable bonds is 8. The lowest BCUT2D eigenvalue weighted by Gasteiger charge is -2.30. The van der Waals surface area contributed by atoms with E-state index in [0.29, 0.717) is 12.5 Å². The summed E-state index contributed by atoms with van der Waals surface area (Å²) in [6.45, 7) is 8.28.